The topological polar surface area (TPSA) is 84.5 Å². The fraction of sp³-hybridized carbons (Fsp3) is 0.571. The molecule has 21 heavy (non-hydrogen) atoms. The Bertz CT molecular complexity index is 652. The van der Waals surface area contributed by atoms with Crippen LogP contribution in [0.1, 0.15) is 17.7 Å². The van der Waals surface area contributed by atoms with E-state index in [0.717, 1.165) is 16.0 Å². The zero-order valence-electron chi connectivity index (χ0n) is 12.3. The van der Waals surface area contributed by atoms with Crippen molar-refractivity contribution in [1.82, 2.24) is 9.97 Å². The number of aliphatic hydroxyl groups is 1. The first-order chi connectivity index (χ1) is 9.97. The van der Waals surface area contributed by atoms with Crippen molar-refractivity contribution in [1.29, 1.82) is 0 Å². The summed E-state index contributed by atoms with van der Waals surface area (Å²) in [7, 11) is 1.93. The zero-order chi connectivity index (χ0) is 15.0. The van der Waals surface area contributed by atoms with Gasteiger partial charge in [-0.25, -0.2) is 4.98 Å². The van der Waals surface area contributed by atoms with E-state index in [1.165, 1.54) is 4.88 Å². The van der Waals surface area contributed by atoms with Crippen molar-refractivity contribution in [2.24, 2.45) is 0 Å². The van der Waals surface area contributed by atoms with E-state index in [0.29, 0.717) is 32.6 Å². The van der Waals surface area contributed by atoms with Gasteiger partial charge in [-0.1, -0.05) is 0 Å². The van der Waals surface area contributed by atoms with Crippen LogP contribution in [-0.4, -0.2) is 47.5 Å². The minimum atomic E-state index is -0.732. The van der Waals surface area contributed by atoms with Crippen LogP contribution in [-0.2, 0) is 4.74 Å². The highest BCUT2D eigenvalue weighted by Gasteiger charge is 2.32. The van der Waals surface area contributed by atoms with Gasteiger partial charge in [0.25, 0.3) is 0 Å². The number of fused-ring (bicyclic) bond motifs is 1. The Morgan fingerprint density at radius 1 is 1.43 bits per heavy atom. The number of aryl methyl sites for hydroxylation is 1. The summed E-state index contributed by atoms with van der Waals surface area (Å²) in [5.74, 6) is 1.05. The quantitative estimate of drug-likeness (QED) is 0.895. The van der Waals surface area contributed by atoms with E-state index in [2.05, 4.69) is 16.0 Å². The van der Waals surface area contributed by atoms with Crippen molar-refractivity contribution in [3.8, 4) is 0 Å². The molecular weight excluding hydrogens is 288 g/mol. The fourth-order valence-electron chi connectivity index (χ4n) is 2.76. The molecule has 0 unspecified atom stereocenters. The third-order valence-corrected chi connectivity index (χ3v) is 4.77. The van der Waals surface area contributed by atoms with Crippen molar-refractivity contribution in [3.05, 3.63) is 10.9 Å². The lowest BCUT2D eigenvalue weighted by Crippen LogP contribution is -2.46. The molecule has 3 N–H and O–H groups in total. The molecule has 2 aromatic rings. The summed E-state index contributed by atoms with van der Waals surface area (Å²) >= 11 is 1.60. The fourth-order valence-corrected chi connectivity index (χ4v) is 3.64. The number of nitrogen functional groups attached to an aromatic ring is 1. The normalized spacial score (nSPS) is 18.0. The Labute approximate surface area is 127 Å². The van der Waals surface area contributed by atoms with Crippen molar-refractivity contribution in [2.45, 2.75) is 25.4 Å². The summed E-state index contributed by atoms with van der Waals surface area (Å²) in [4.78, 5) is 12.7. The largest absolute Gasteiger partial charge is 0.388 e. The predicted molar refractivity (Wildman–Crippen MR) is 84.8 cm³/mol. The average Bonchev–Trinajstić information content (AvgIpc) is 2.78. The number of anilines is 2. The Kier molecular flexibility index (Phi) is 3.73. The molecule has 3 rings (SSSR count). The number of thiophene rings is 1. The van der Waals surface area contributed by atoms with Gasteiger partial charge in [0, 0.05) is 44.5 Å². The highest BCUT2D eigenvalue weighted by Crippen LogP contribution is 2.32. The Morgan fingerprint density at radius 2 is 2.14 bits per heavy atom. The van der Waals surface area contributed by atoms with E-state index >= 15 is 0 Å². The molecule has 0 spiro atoms. The van der Waals surface area contributed by atoms with Crippen LogP contribution < -0.4 is 10.6 Å². The lowest BCUT2D eigenvalue weighted by atomic mass is 9.94. The SMILES string of the molecule is Cc1cc2c(N(C)CC3(O)CCOCC3)nc(N)nc2s1. The molecule has 1 fully saturated rings. The van der Waals surface area contributed by atoms with Gasteiger partial charge in [-0.05, 0) is 13.0 Å². The van der Waals surface area contributed by atoms with Gasteiger partial charge in [0.1, 0.15) is 10.6 Å². The molecule has 1 aliphatic rings. The lowest BCUT2D eigenvalue weighted by molar-refractivity contribution is -0.0573. The highest BCUT2D eigenvalue weighted by molar-refractivity contribution is 7.18. The molecule has 114 valence electrons. The molecule has 0 aliphatic carbocycles. The first kappa shape index (κ1) is 14.5. The number of rotatable bonds is 3. The van der Waals surface area contributed by atoms with Crippen molar-refractivity contribution in [3.63, 3.8) is 0 Å². The summed E-state index contributed by atoms with van der Waals surface area (Å²) in [5.41, 5.74) is 5.08. The van der Waals surface area contributed by atoms with Crippen LogP contribution in [0.25, 0.3) is 10.2 Å². The maximum atomic E-state index is 10.7. The summed E-state index contributed by atoms with van der Waals surface area (Å²) in [6.07, 6.45) is 1.29. The molecular formula is C14H20N4O2S. The molecule has 1 saturated heterocycles. The Morgan fingerprint density at radius 3 is 2.86 bits per heavy atom. The Balaban J connectivity index is 1.91. The number of nitrogens with zero attached hydrogens (tertiary/aromatic N) is 3. The molecule has 0 radical (unpaired) electrons. The van der Waals surface area contributed by atoms with Crippen molar-refractivity contribution in [2.75, 3.05) is 37.4 Å². The molecule has 0 aromatic carbocycles. The first-order valence-corrected chi connectivity index (χ1v) is 7.83. The van der Waals surface area contributed by atoms with Crippen LogP contribution >= 0.6 is 11.3 Å². The van der Waals surface area contributed by atoms with Crippen LogP contribution in [0.3, 0.4) is 0 Å². The minimum Gasteiger partial charge on any atom is -0.388 e. The molecule has 0 amide bonds. The van der Waals surface area contributed by atoms with Gasteiger partial charge in [-0.3, -0.25) is 0 Å². The van der Waals surface area contributed by atoms with E-state index in [1.54, 1.807) is 11.3 Å². The summed E-state index contributed by atoms with van der Waals surface area (Å²) in [6.45, 7) is 3.75. The van der Waals surface area contributed by atoms with E-state index in [1.807, 2.05) is 18.9 Å². The minimum absolute atomic E-state index is 0.269. The lowest BCUT2D eigenvalue weighted by Gasteiger charge is -2.35. The molecule has 3 heterocycles. The number of ether oxygens (including phenoxy) is 1. The first-order valence-electron chi connectivity index (χ1n) is 7.02. The number of hydrogen-bond acceptors (Lipinski definition) is 7. The number of hydrogen-bond donors (Lipinski definition) is 2. The monoisotopic (exact) mass is 308 g/mol. The third kappa shape index (κ3) is 2.95. The summed E-state index contributed by atoms with van der Waals surface area (Å²) in [5, 5.41) is 11.6. The predicted octanol–water partition coefficient (Wildman–Crippen LogP) is 1.56. The molecule has 0 atom stereocenters. The second-order valence-corrected chi connectivity index (χ2v) is 6.91. The van der Waals surface area contributed by atoms with Crippen molar-refractivity contribution >= 4 is 33.3 Å². The van der Waals surface area contributed by atoms with Crippen LogP contribution in [0, 0.1) is 6.92 Å². The van der Waals surface area contributed by atoms with Crippen LogP contribution in [0.4, 0.5) is 11.8 Å². The zero-order valence-corrected chi connectivity index (χ0v) is 13.1. The van der Waals surface area contributed by atoms with E-state index in [4.69, 9.17) is 10.5 Å². The van der Waals surface area contributed by atoms with Gasteiger partial charge < -0.3 is 20.5 Å². The van der Waals surface area contributed by atoms with Gasteiger partial charge in [-0.2, -0.15) is 4.98 Å². The van der Waals surface area contributed by atoms with Gasteiger partial charge in [0.15, 0.2) is 0 Å². The molecule has 0 bridgehead atoms. The summed E-state index contributed by atoms with van der Waals surface area (Å²) in [6, 6.07) is 2.07. The highest BCUT2D eigenvalue weighted by atomic mass is 32.1. The average molecular weight is 308 g/mol. The molecule has 6 nitrogen and oxygen atoms in total. The number of nitrogens with two attached hydrogens (primary N) is 1. The summed E-state index contributed by atoms with van der Waals surface area (Å²) < 4.78 is 5.32. The molecule has 0 saturated carbocycles. The van der Waals surface area contributed by atoms with Gasteiger partial charge >= 0.3 is 0 Å². The van der Waals surface area contributed by atoms with Gasteiger partial charge in [0.05, 0.1) is 11.0 Å². The van der Waals surface area contributed by atoms with Crippen LogP contribution in [0.15, 0.2) is 6.07 Å². The smallest absolute Gasteiger partial charge is 0.223 e. The van der Waals surface area contributed by atoms with E-state index < -0.39 is 5.60 Å². The van der Waals surface area contributed by atoms with Crippen molar-refractivity contribution < 1.29 is 9.84 Å². The molecule has 2 aromatic heterocycles. The second kappa shape index (κ2) is 5.40. The van der Waals surface area contributed by atoms with Gasteiger partial charge in [-0.15, -0.1) is 11.3 Å². The second-order valence-electron chi connectivity index (χ2n) is 5.67. The maximum Gasteiger partial charge on any atom is 0.223 e. The van der Waals surface area contributed by atoms with Gasteiger partial charge in [0.2, 0.25) is 5.95 Å². The standard InChI is InChI=1S/C14H20N4O2S/c1-9-7-10-11(16-13(15)17-12(10)21-9)18(2)8-14(19)3-5-20-6-4-14/h7,19H,3-6,8H2,1-2H3,(H2,15,16,17). The number of aromatic nitrogens is 2. The third-order valence-electron chi connectivity index (χ3n) is 3.83. The Hall–Kier alpha value is -1.44. The van der Waals surface area contributed by atoms with E-state index in [9.17, 15) is 5.11 Å². The van der Waals surface area contributed by atoms with Crippen LogP contribution in [0.2, 0.25) is 0 Å². The molecule has 1 aliphatic heterocycles. The van der Waals surface area contributed by atoms with Crippen LogP contribution in [0.5, 0.6) is 0 Å². The number of likely N-dealkylation sites (N-methyl/N-ethyl adjacent to an activating group) is 1. The molecule has 7 heteroatoms. The van der Waals surface area contributed by atoms with E-state index in [-0.39, 0.29) is 5.95 Å². The maximum absolute atomic E-state index is 10.7.